The number of rotatable bonds is 1. The Morgan fingerprint density at radius 3 is 2.06 bits per heavy atom. The molecule has 0 bridgehead atoms. The molecule has 1 aromatic rings. The highest BCUT2D eigenvalue weighted by Crippen LogP contribution is 2.37. The van der Waals surface area contributed by atoms with Crippen molar-refractivity contribution in [3.8, 4) is 0 Å². The molecule has 1 aliphatic rings. The first kappa shape index (κ1) is 12.4. The molecule has 0 aliphatic carbocycles. The maximum absolute atomic E-state index is 6.17. The second-order valence-electron chi connectivity index (χ2n) is 5.17. The lowest BCUT2D eigenvalue weighted by molar-refractivity contribution is 0.00578. The summed E-state index contributed by atoms with van der Waals surface area (Å²) in [4.78, 5) is 1.18. The molecule has 1 fully saturated rings. The summed E-state index contributed by atoms with van der Waals surface area (Å²) >= 11 is 7.73. The molecule has 0 saturated carbocycles. The van der Waals surface area contributed by atoms with E-state index in [9.17, 15) is 0 Å². The predicted molar refractivity (Wildman–Crippen MR) is 69.8 cm³/mol. The predicted octanol–water partition coefficient (Wildman–Crippen LogP) is 3.01. The zero-order valence-corrected chi connectivity index (χ0v) is 11.8. The first-order chi connectivity index (χ1) is 7.23. The molecular formula is C11H16BClO2S. The highest BCUT2D eigenvalue weighted by Gasteiger charge is 2.52. The van der Waals surface area contributed by atoms with Crippen LogP contribution in [0.3, 0.4) is 0 Å². The van der Waals surface area contributed by atoms with Crippen LogP contribution in [0.5, 0.6) is 0 Å². The van der Waals surface area contributed by atoms with Gasteiger partial charge in [0.2, 0.25) is 0 Å². The van der Waals surface area contributed by atoms with Crippen LogP contribution < -0.4 is 5.46 Å². The van der Waals surface area contributed by atoms with Crippen molar-refractivity contribution in [2.24, 2.45) is 0 Å². The summed E-state index contributed by atoms with van der Waals surface area (Å²) in [6, 6.07) is 2.04. The van der Waals surface area contributed by atoms with Crippen molar-refractivity contribution >= 4 is 35.5 Å². The molecule has 2 nitrogen and oxygen atoms in total. The van der Waals surface area contributed by atoms with Crippen LogP contribution in [-0.4, -0.2) is 18.3 Å². The van der Waals surface area contributed by atoms with Crippen LogP contribution in [0, 0.1) is 6.92 Å². The summed E-state index contributed by atoms with van der Waals surface area (Å²) in [6.45, 7) is 10.2. The number of hydrogen-bond acceptors (Lipinski definition) is 3. The van der Waals surface area contributed by atoms with Crippen molar-refractivity contribution in [2.45, 2.75) is 45.8 Å². The molecule has 0 atom stereocenters. The molecule has 5 heteroatoms. The van der Waals surface area contributed by atoms with Crippen molar-refractivity contribution in [1.82, 2.24) is 0 Å². The van der Waals surface area contributed by atoms with Crippen molar-refractivity contribution in [2.75, 3.05) is 0 Å². The maximum Gasteiger partial charge on any atom is 0.497 e. The van der Waals surface area contributed by atoms with Crippen LogP contribution in [0.4, 0.5) is 0 Å². The van der Waals surface area contributed by atoms with Gasteiger partial charge >= 0.3 is 7.12 Å². The molecule has 0 spiro atoms. The SMILES string of the molecule is Cc1cc(B2OC(C)(C)C(C)(C)O2)c(Cl)s1. The Hall–Kier alpha value is -0.0251. The number of halogens is 1. The largest absolute Gasteiger partial charge is 0.497 e. The first-order valence-corrected chi connectivity index (χ1v) is 6.54. The molecule has 2 rings (SSSR count). The third kappa shape index (κ3) is 1.92. The molecule has 1 aromatic heterocycles. The van der Waals surface area contributed by atoms with Crippen LogP contribution in [-0.2, 0) is 9.31 Å². The van der Waals surface area contributed by atoms with Gasteiger partial charge < -0.3 is 9.31 Å². The highest BCUT2D eigenvalue weighted by molar-refractivity contribution is 7.17. The lowest BCUT2D eigenvalue weighted by Gasteiger charge is -2.32. The van der Waals surface area contributed by atoms with Gasteiger partial charge in [0, 0.05) is 10.3 Å². The molecule has 0 unspecified atom stereocenters. The topological polar surface area (TPSA) is 18.5 Å². The third-order valence-corrected chi connectivity index (χ3v) is 4.65. The monoisotopic (exact) mass is 258 g/mol. The van der Waals surface area contributed by atoms with E-state index in [0.29, 0.717) is 0 Å². The van der Waals surface area contributed by atoms with E-state index in [2.05, 4.69) is 0 Å². The fraction of sp³-hybridized carbons (Fsp3) is 0.636. The Labute approximate surface area is 106 Å². The van der Waals surface area contributed by atoms with Gasteiger partial charge in [-0.15, -0.1) is 11.3 Å². The number of aryl methyl sites for hydroxylation is 1. The first-order valence-electron chi connectivity index (χ1n) is 5.34. The molecule has 0 radical (unpaired) electrons. The molecule has 2 heterocycles. The Bertz CT molecular complexity index is 398. The van der Waals surface area contributed by atoms with E-state index in [4.69, 9.17) is 20.9 Å². The maximum atomic E-state index is 6.17. The molecule has 0 amide bonds. The zero-order chi connectivity index (χ0) is 12.1. The van der Waals surface area contributed by atoms with Crippen LogP contribution >= 0.6 is 22.9 Å². The summed E-state index contributed by atoms with van der Waals surface area (Å²) in [6.07, 6.45) is 0. The summed E-state index contributed by atoms with van der Waals surface area (Å²) in [5.74, 6) is 0. The van der Waals surface area contributed by atoms with Crippen molar-refractivity contribution < 1.29 is 9.31 Å². The van der Waals surface area contributed by atoms with Gasteiger partial charge in [-0.1, -0.05) is 11.6 Å². The van der Waals surface area contributed by atoms with E-state index in [1.807, 2.05) is 40.7 Å². The van der Waals surface area contributed by atoms with Crippen LogP contribution in [0.2, 0.25) is 4.34 Å². The number of thiophene rings is 1. The molecule has 0 N–H and O–H groups in total. The van der Waals surface area contributed by atoms with Gasteiger partial charge in [0.15, 0.2) is 0 Å². The van der Waals surface area contributed by atoms with Crippen molar-refractivity contribution in [3.63, 3.8) is 0 Å². The van der Waals surface area contributed by atoms with Crippen molar-refractivity contribution in [3.05, 3.63) is 15.3 Å². The fourth-order valence-electron chi connectivity index (χ4n) is 1.64. The van der Waals surface area contributed by atoms with E-state index in [1.54, 1.807) is 11.3 Å². The molecule has 0 aromatic carbocycles. The average Bonchev–Trinajstić information content (AvgIpc) is 2.51. The molecule has 1 aliphatic heterocycles. The van der Waals surface area contributed by atoms with Gasteiger partial charge in [-0.3, -0.25) is 0 Å². The summed E-state index contributed by atoms with van der Waals surface area (Å²) in [5.41, 5.74) is 0.330. The van der Waals surface area contributed by atoms with Crippen LogP contribution in [0.1, 0.15) is 32.6 Å². The van der Waals surface area contributed by atoms with E-state index >= 15 is 0 Å². The van der Waals surface area contributed by atoms with Gasteiger partial charge in [0.05, 0.1) is 15.5 Å². The van der Waals surface area contributed by atoms with E-state index in [-0.39, 0.29) is 18.3 Å². The van der Waals surface area contributed by atoms with Gasteiger partial charge in [-0.05, 0) is 40.7 Å². The normalized spacial score (nSPS) is 22.8. The minimum absolute atomic E-state index is 0.309. The van der Waals surface area contributed by atoms with E-state index in [1.165, 1.54) is 4.88 Å². The Kier molecular flexibility index (Phi) is 2.90. The molecule has 16 heavy (non-hydrogen) atoms. The summed E-state index contributed by atoms with van der Waals surface area (Å²) in [5, 5.41) is 0. The Morgan fingerprint density at radius 2 is 1.69 bits per heavy atom. The minimum Gasteiger partial charge on any atom is -0.399 e. The Balaban J connectivity index is 2.30. The quantitative estimate of drug-likeness (QED) is 0.721. The van der Waals surface area contributed by atoms with Crippen LogP contribution in [0.15, 0.2) is 6.07 Å². The van der Waals surface area contributed by atoms with Gasteiger partial charge in [0.1, 0.15) is 0 Å². The lowest BCUT2D eigenvalue weighted by atomic mass is 9.81. The van der Waals surface area contributed by atoms with Crippen molar-refractivity contribution in [1.29, 1.82) is 0 Å². The minimum atomic E-state index is -0.345. The Morgan fingerprint density at radius 1 is 1.19 bits per heavy atom. The smallest absolute Gasteiger partial charge is 0.399 e. The van der Waals surface area contributed by atoms with Crippen LogP contribution in [0.25, 0.3) is 0 Å². The summed E-state index contributed by atoms with van der Waals surface area (Å²) < 4.78 is 12.6. The molecule has 88 valence electrons. The highest BCUT2D eigenvalue weighted by atomic mass is 35.5. The zero-order valence-electron chi connectivity index (χ0n) is 10.3. The van der Waals surface area contributed by atoms with E-state index in [0.717, 1.165) is 9.80 Å². The third-order valence-electron chi connectivity index (χ3n) is 3.34. The number of hydrogen-bond donors (Lipinski definition) is 0. The average molecular weight is 259 g/mol. The van der Waals surface area contributed by atoms with Gasteiger partial charge in [0.25, 0.3) is 0 Å². The van der Waals surface area contributed by atoms with E-state index < -0.39 is 0 Å². The standard InChI is InChI=1S/C11H16BClO2S/c1-7-6-8(9(13)16-7)12-14-10(2,3)11(4,5)15-12/h6H,1-5H3. The fourth-order valence-corrected chi connectivity index (χ4v) is 2.89. The summed E-state index contributed by atoms with van der Waals surface area (Å²) in [7, 11) is -0.345. The second-order valence-corrected chi connectivity index (χ2v) is 7.03. The molecule has 1 saturated heterocycles. The molecular weight excluding hydrogens is 242 g/mol. The van der Waals surface area contributed by atoms with Gasteiger partial charge in [-0.25, -0.2) is 0 Å². The van der Waals surface area contributed by atoms with Gasteiger partial charge in [-0.2, -0.15) is 0 Å². The lowest BCUT2D eigenvalue weighted by Crippen LogP contribution is -2.41. The second kappa shape index (κ2) is 3.74.